The lowest BCUT2D eigenvalue weighted by Crippen LogP contribution is -2.32. The first-order valence-corrected chi connectivity index (χ1v) is 8.01. The minimum atomic E-state index is -4.66. The fourth-order valence-corrected chi connectivity index (χ4v) is 3.01. The van der Waals surface area contributed by atoms with Crippen LogP contribution >= 0.6 is 15.9 Å². The number of halogens is 4. The van der Waals surface area contributed by atoms with Crippen LogP contribution in [0.5, 0.6) is 5.75 Å². The van der Waals surface area contributed by atoms with Gasteiger partial charge >= 0.3 is 6.36 Å². The molecule has 0 bridgehead atoms. The quantitative estimate of drug-likeness (QED) is 0.807. The molecule has 1 saturated carbocycles. The van der Waals surface area contributed by atoms with Gasteiger partial charge in [-0.1, -0.05) is 41.3 Å². The Balaban J connectivity index is 1.92. The number of hydrogen-bond donors (Lipinski definition) is 1. The van der Waals surface area contributed by atoms with Crippen LogP contribution in [0, 0.1) is 0 Å². The van der Waals surface area contributed by atoms with Crippen molar-refractivity contribution in [2.45, 2.75) is 50.9 Å². The monoisotopic (exact) mass is 365 g/mol. The summed E-state index contributed by atoms with van der Waals surface area (Å²) in [6, 6.07) is 5.28. The predicted molar refractivity (Wildman–Crippen MR) is 79.4 cm³/mol. The number of alkyl halides is 3. The minimum Gasteiger partial charge on any atom is -0.405 e. The van der Waals surface area contributed by atoms with E-state index in [0.717, 1.165) is 12.8 Å². The second-order valence-corrected chi connectivity index (χ2v) is 6.25. The molecule has 0 aromatic heterocycles. The highest BCUT2D eigenvalue weighted by molar-refractivity contribution is 9.10. The van der Waals surface area contributed by atoms with Gasteiger partial charge in [-0.25, -0.2) is 0 Å². The predicted octanol–water partition coefficient (Wildman–Crippen LogP) is 4.81. The molecule has 0 saturated heterocycles. The highest BCUT2D eigenvalue weighted by atomic mass is 79.9. The highest BCUT2D eigenvalue weighted by Crippen LogP contribution is 2.29. The van der Waals surface area contributed by atoms with Gasteiger partial charge in [0.2, 0.25) is 0 Å². The molecule has 1 aliphatic rings. The van der Waals surface area contributed by atoms with Crippen molar-refractivity contribution in [3.8, 4) is 5.75 Å². The fourth-order valence-electron chi connectivity index (χ4n) is 2.67. The van der Waals surface area contributed by atoms with Gasteiger partial charge in [0.25, 0.3) is 0 Å². The van der Waals surface area contributed by atoms with Crippen LogP contribution in [-0.4, -0.2) is 18.9 Å². The summed E-state index contributed by atoms with van der Waals surface area (Å²) in [5.74, 6) is -0.123. The number of benzene rings is 1. The maximum absolute atomic E-state index is 12.4. The second-order valence-electron chi connectivity index (χ2n) is 5.34. The lowest BCUT2D eigenvalue weighted by atomic mass is 9.95. The van der Waals surface area contributed by atoms with Crippen LogP contribution in [0.4, 0.5) is 13.2 Å². The Morgan fingerprint density at radius 3 is 2.57 bits per heavy atom. The van der Waals surface area contributed by atoms with Gasteiger partial charge in [-0.3, -0.25) is 0 Å². The van der Waals surface area contributed by atoms with Crippen molar-refractivity contribution in [3.05, 3.63) is 28.2 Å². The van der Waals surface area contributed by atoms with Crippen LogP contribution in [0.2, 0.25) is 0 Å². The summed E-state index contributed by atoms with van der Waals surface area (Å²) in [5, 5.41) is 3.43. The van der Waals surface area contributed by atoms with E-state index in [1.807, 2.05) is 0 Å². The molecule has 1 N–H and O–H groups in total. The average Bonchev–Trinajstić information content (AvgIpc) is 2.41. The number of ether oxygens (including phenoxy) is 1. The summed E-state index contributed by atoms with van der Waals surface area (Å²) in [7, 11) is 0. The Morgan fingerprint density at radius 2 is 1.90 bits per heavy atom. The number of hydrogen-bond acceptors (Lipinski definition) is 2. The molecular weight excluding hydrogens is 347 g/mol. The summed E-state index contributed by atoms with van der Waals surface area (Å²) in [5.41, 5.74) is 0.568. The Hall–Kier alpha value is -0.750. The normalized spacial score (nSPS) is 17.0. The first-order chi connectivity index (χ1) is 9.94. The van der Waals surface area contributed by atoms with Gasteiger partial charge in [-0.2, -0.15) is 0 Å². The zero-order valence-corrected chi connectivity index (χ0v) is 13.3. The van der Waals surface area contributed by atoms with E-state index >= 15 is 0 Å². The van der Waals surface area contributed by atoms with Crippen LogP contribution < -0.4 is 10.1 Å². The van der Waals surface area contributed by atoms with Crippen molar-refractivity contribution in [2.75, 3.05) is 6.54 Å². The van der Waals surface area contributed by atoms with Gasteiger partial charge in [0.05, 0.1) is 0 Å². The molecular formula is C15H19BrF3NO. The molecule has 1 fully saturated rings. The van der Waals surface area contributed by atoms with E-state index in [9.17, 15) is 13.2 Å². The topological polar surface area (TPSA) is 21.3 Å². The van der Waals surface area contributed by atoms with E-state index in [1.54, 1.807) is 12.1 Å². The Bertz CT molecular complexity index is 459. The average molecular weight is 366 g/mol. The van der Waals surface area contributed by atoms with Gasteiger partial charge in [0.1, 0.15) is 5.75 Å². The van der Waals surface area contributed by atoms with Gasteiger partial charge in [0, 0.05) is 10.5 Å². The molecule has 0 atom stereocenters. The smallest absolute Gasteiger partial charge is 0.405 e. The summed E-state index contributed by atoms with van der Waals surface area (Å²) in [4.78, 5) is 0. The first kappa shape index (κ1) is 16.6. The molecule has 1 aromatic carbocycles. The third-order valence-electron chi connectivity index (χ3n) is 3.69. The molecule has 21 heavy (non-hydrogen) atoms. The van der Waals surface area contributed by atoms with E-state index in [-0.39, 0.29) is 5.75 Å². The Labute approximate surface area is 131 Å². The largest absolute Gasteiger partial charge is 0.573 e. The molecule has 1 aliphatic carbocycles. The Morgan fingerprint density at radius 1 is 1.19 bits per heavy atom. The van der Waals surface area contributed by atoms with E-state index in [2.05, 4.69) is 26.0 Å². The van der Waals surface area contributed by atoms with Gasteiger partial charge in [-0.15, -0.1) is 13.2 Å². The van der Waals surface area contributed by atoms with Crippen molar-refractivity contribution in [1.29, 1.82) is 0 Å². The second kappa shape index (κ2) is 7.49. The maximum atomic E-state index is 12.4. The minimum absolute atomic E-state index is 0.123. The van der Waals surface area contributed by atoms with Gasteiger partial charge in [0.15, 0.2) is 0 Å². The van der Waals surface area contributed by atoms with Crippen molar-refractivity contribution in [2.24, 2.45) is 0 Å². The molecule has 0 unspecified atom stereocenters. The summed E-state index contributed by atoms with van der Waals surface area (Å²) < 4.78 is 41.9. The molecule has 0 amide bonds. The summed E-state index contributed by atoms with van der Waals surface area (Å²) in [6.07, 6.45) is 1.94. The van der Waals surface area contributed by atoms with Crippen LogP contribution in [0.1, 0.15) is 37.7 Å². The number of rotatable bonds is 5. The van der Waals surface area contributed by atoms with Crippen LogP contribution in [0.25, 0.3) is 0 Å². The van der Waals surface area contributed by atoms with Gasteiger partial charge < -0.3 is 10.1 Å². The van der Waals surface area contributed by atoms with Crippen molar-refractivity contribution < 1.29 is 17.9 Å². The SMILES string of the molecule is FC(F)(F)Oc1cc(Br)ccc1CCNC1CCCCC1. The van der Waals surface area contributed by atoms with Crippen molar-refractivity contribution in [1.82, 2.24) is 5.32 Å². The molecule has 2 nitrogen and oxygen atoms in total. The molecule has 0 heterocycles. The fraction of sp³-hybridized carbons (Fsp3) is 0.600. The summed E-state index contributed by atoms with van der Waals surface area (Å²) in [6.45, 7) is 0.667. The lowest BCUT2D eigenvalue weighted by molar-refractivity contribution is -0.274. The van der Waals surface area contributed by atoms with Crippen LogP contribution in [0.3, 0.4) is 0 Å². The van der Waals surface area contributed by atoms with Crippen molar-refractivity contribution in [3.63, 3.8) is 0 Å². The van der Waals surface area contributed by atoms with E-state index in [0.29, 0.717) is 29.0 Å². The molecule has 0 aliphatic heterocycles. The number of nitrogens with one attached hydrogen (secondary N) is 1. The zero-order valence-electron chi connectivity index (χ0n) is 11.7. The standard InChI is InChI=1S/C15H19BrF3NO/c16-12-7-6-11(14(10-12)21-15(17,18)19)8-9-20-13-4-2-1-3-5-13/h6-7,10,13,20H,1-5,8-9H2. The van der Waals surface area contributed by atoms with Crippen LogP contribution in [-0.2, 0) is 6.42 Å². The molecule has 6 heteroatoms. The van der Waals surface area contributed by atoms with E-state index in [1.165, 1.54) is 25.3 Å². The maximum Gasteiger partial charge on any atom is 0.573 e. The zero-order chi connectivity index (χ0) is 15.3. The molecule has 2 rings (SSSR count). The van der Waals surface area contributed by atoms with Gasteiger partial charge in [-0.05, 0) is 43.5 Å². The van der Waals surface area contributed by atoms with E-state index < -0.39 is 6.36 Å². The highest BCUT2D eigenvalue weighted by Gasteiger charge is 2.32. The lowest BCUT2D eigenvalue weighted by Gasteiger charge is -2.23. The third-order valence-corrected chi connectivity index (χ3v) is 4.18. The Kier molecular flexibility index (Phi) is 5.93. The summed E-state index contributed by atoms with van der Waals surface area (Å²) >= 11 is 3.17. The van der Waals surface area contributed by atoms with Crippen molar-refractivity contribution >= 4 is 15.9 Å². The van der Waals surface area contributed by atoms with E-state index in [4.69, 9.17) is 0 Å². The molecule has 0 spiro atoms. The molecule has 1 aromatic rings. The third kappa shape index (κ3) is 5.87. The first-order valence-electron chi connectivity index (χ1n) is 7.21. The molecule has 0 radical (unpaired) electrons. The molecule has 118 valence electrons. The van der Waals surface area contributed by atoms with Crippen LogP contribution in [0.15, 0.2) is 22.7 Å².